The molecule has 1 aromatic rings. The van der Waals surface area contributed by atoms with Crippen LogP contribution < -0.4 is 10.1 Å². The van der Waals surface area contributed by atoms with Crippen LogP contribution in [0, 0.1) is 0 Å². The number of benzene rings is 1. The fourth-order valence-electron chi connectivity index (χ4n) is 0.962. The van der Waals surface area contributed by atoms with Gasteiger partial charge in [-0.1, -0.05) is 6.07 Å². The van der Waals surface area contributed by atoms with Gasteiger partial charge in [0.1, 0.15) is 5.75 Å². The molecule has 0 saturated carbocycles. The Labute approximate surface area is 83.7 Å². The van der Waals surface area contributed by atoms with E-state index in [2.05, 4.69) is 17.4 Å². The molecule has 0 spiro atoms. The summed E-state index contributed by atoms with van der Waals surface area (Å²) in [5.41, 5.74) is 0. The van der Waals surface area contributed by atoms with Crippen LogP contribution in [0.3, 0.4) is 0 Å². The van der Waals surface area contributed by atoms with E-state index in [0.717, 1.165) is 18.0 Å². The van der Waals surface area contributed by atoms with Crippen LogP contribution in [0.4, 0.5) is 0 Å². The predicted octanol–water partition coefficient (Wildman–Crippen LogP) is 2.01. The molecule has 0 atom stereocenters. The summed E-state index contributed by atoms with van der Waals surface area (Å²) >= 11 is 1.83. The largest absolute Gasteiger partial charge is 0.497 e. The molecule has 0 aliphatic carbocycles. The van der Waals surface area contributed by atoms with Crippen LogP contribution in [0.5, 0.6) is 5.75 Å². The van der Waals surface area contributed by atoms with Gasteiger partial charge in [0.25, 0.3) is 0 Å². The first-order chi connectivity index (χ1) is 6.36. The highest BCUT2D eigenvalue weighted by Crippen LogP contribution is 2.21. The summed E-state index contributed by atoms with van der Waals surface area (Å²) in [6.45, 7) is 1.03. The number of ether oxygens (including phenoxy) is 1. The third kappa shape index (κ3) is 3.70. The van der Waals surface area contributed by atoms with E-state index in [0.29, 0.717) is 0 Å². The van der Waals surface area contributed by atoms with Gasteiger partial charge in [-0.15, -0.1) is 11.8 Å². The van der Waals surface area contributed by atoms with Gasteiger partial charge in [-0.05, 0) is 25.2 Å². The van der Waals surface area contributed by atoms with Gasteiger partial charge in [0.2, 0.25) is 0 Å². The summed E-state index contributed by atoms with van der Waals surface area (Å²) in [6, 6.07) is 8.13. The van der Waals surface area contributed by atoms with Gasteiger partial charge in [0.05, 0.1) is 7.11 Å². The first-order valence-electron chi connectivity index (χ1n) is 4.28. The second-order valence-corrected chi connectivity index (χ2v) is 3.80. The van der Waals surface area contributed by atoms with Crippen LogP contribution in [0.15, 0.2) is 29.2 Å². The number of nitrogens with one attached hydrogen (secondary N) is 1. The van der Waals surface area contributed by atoms with Crippen molar-refractivity contribution in [3.05, 3.63) is 24.3 Å². The zero-order valence-electron chi connectivity index (χ0n) is 8.04. The van der Waals surface area contributed by atoms with Crippen molar-refractivity contribution >= 4 is 11.8 Å². The summed E-state index contributed by atoms with van der Waals surface area (Å²) < 4.78 is 5.13. The Bertz CT molecular complexity index is 252. The Balaban J connectivity index is 2.46. The second-order valence-electron chi connectivity index (χ2n) is 2.63. The van der Waals surface area contributed by atoms with Crippen LogP contribution in [-0.2, 0) is 0 Å². The quantitative estimate of drug-likeness (QED) is 0.576. The lowest BCUT2D eigenvalue weighted by atomic mass is 10.3. The Hall–Kier alpha value is -0.670. The summed E-state index contributed by atoms with van der Waals surface area (Å²) in [5, 5.41) is 3.11. The third-order valence-corrected chi connectivity index (χ3v) is 2.66. The van der Waals surface area contributed by atoms with Crippen LogP contribution in [-0.4, -0.2) is 26.5 Å². The lowest BCUT2D eigenvalue weighted by molar-refractivity contribution is 0.413. The highest BCUT2D eigenvalue weighted by molar-refractivity contribution is 7.99. The van der Waals surface area contributed by atoms with Gasteiger partial charge in [-0.25, -0.2) is 0 Å². The minimum atomic E-state index is 0.925. The van der Waals surface area contributed by atoms with Crippen LogP contribution in [0.25, 0.3) is 0 Å². The fourth-order valence-corrected chi connectivity index (χ4v) is 1.88. The van der Waals surface area contributed by atoms with Crippen molar-refractivity contribution in [3.63, 3.8) is 0 Å². The molecular formula is C10H15NOS. The first kappa shape index (κ1) is 10.4. The Morgan fingerprint density at radius 2 is 2.31 bits per heavy atom. The minimum Gasteiger partial charge on any atom is -0.497 e. The lowest BCUT2D eigenvalue weighted by Gasteiger charge is -2.03. The van der Waals surface area contributed by atoms with E-state index in [1.165, 1.54) is 4.90 Å². The maximum absolute atomic E-state index is 5.13. The Morgan fingerprint density at radius 1 is 1.46 bits per heavy atom. The van der Waals surface area contributed by atoms with Crippen molar-refractivity contribution < 1.29 is 4.74 Å². The Kier molecular flexibility index (Phi) is 4.72. The van der Waals surface area contributed by atoms with Crippen molar-refractivity contribution in [3.8, 4) is 5.75 Å². The molecule has 0 unspecified atom stereocenters. The van der Waals surface area contributed by atoms with Crippen LogP contribution in [0.1, 0.15) is 0 Å². The zero-order valence-corrected chi connectivity index (χ0v) is 8.86. The normalized spacial score (nSPS) is 10.0. The smallest absolute Gasteiger partial charge is 0.119 e. The van der Waals surface area contributed by atoms with E-state index in [1.54, 1.807) is 7.11 Å². The average Bonchev–Trinajstić information content (AvgIpc) is 2.19. The molecule has 0 saturated heterocycles. The van der Waals surface area contributed by atoms with E-state index in [-0.39, 0.29) is 0 Å². The van der Waals surface area contributed by atoms with Crippen LogP contribution >= 0.6 is 11.8 Å². The highest BCUT2D eigenvalue weighted by Gasteiger charge is 1.95. The fraction of sp³-hybridized carbons (Fsp3) is 0.400. The van der Waals surface area contributed by atoms with Gasteiger partial charge >= 0.3 is 0 Å². The molecule has 0 aliphatic rings. The second kappa shape index (κ2) is 5.89. The number of hydrogen-bond acceptors (Lipinski definition) is 3. The van der Waals surface area contributed by atoms with E-state index >= 15 is 0 Å². The molecule has 3 heteroatoms. The molecule has 72 valence electrons. The molecular weight excluding hydrogens is 182 g/mol. The van der Waals surface area contributed by atoms with Gasteiger partial charge < -0.3 is 10.1 Å². The third-order valence-electron chi connectivity index (χ3n) is 1.66. The maximum atomic E-state index is 5.13. The molecule has 0 heterocycles. The molecule has 0 radical (unpaired) electrons. The molecule has 2 nitrogen and oxygen atoms in total. The standard InChI is InChI=1S/C10H15NOS/c1-11-6-7-13-10-5-3-4-9(8-10)12-2/h3-5,8,11H,6-7H2,1-2H3. The monoisotopic (exact) mass is 197 g/mol. The van der Waals surface area contributed by atoms with Gasteiger partial charge in [0.15, 0.2) is 0 Å². The SMILES string of the molecule is CNCCSc1cccc(OC)c1. The topological polar surface area (TPSA) is 21.3 Å². The first-order valence-corrected chi connectivity index (χ1v) is 5.27. The maximum Gasteiger partial charge on any atom is 0.119 e. The van der Waals surface area contributed by atoms with Crippen molar-refractivity contribution in [1.29, 1.82) is 0 Å². The van der Waals surface area contributed by atoms with Gasteiger partial charge in [-0.2, -0.15) is 0 Å². The summed E-state index contributed by atoms with van der Waals surface area (Å²) in [7, 11) is 3.66. The minimum absolute atomic E-state index is 0.925. The van der Waals surface area contributed by atoms with E-state index in [9.17, 15) is 0 Å². The van der Waals surface area contributed by atoms with Gasteiger partial charge in [-0.3, -0.25) is 0 Å². The summed E-state index contributed by atoms with van der Waals surface area (Å²) in [4.78, 5) is 1.26. The molecule has 0 fully saturated rings. The molecule has 0 aromatic heterocycles. The van der Waals surface area contributed by atoms with Crippen molar-refractivity contribution in [2.24, 2.45) is 0 Å². The molecule has 0 amide bonds. The summed E-state index contributed by atoms with van der Waals surface area (Å²) in [6.07, 6.45) is 0. The lowest BCUT2D eigenvalue weighted by Crippen LogP contribution is -2.09. The van der Waals surface area contributed by atoms with Crippen molar-refractivity contribution in [1.82, 2.24) is 5.32 Å². The molecule has 1 N–H and O–H groups in total. The highest BCUT2D eigenvalue weighted by atomic mass is 32.2. The van der Waals surface area contributed by atoms with E-state index in [4.69, 9.17) is 4.74 Å². The van der Waals surface area contributed by atoms with Crippen LogP contribution in [0.2, 0.25) is 0 Å². The zero-order chi connectivity index (χ0) is 9.52. The Morgan fingerprint density at radius 3 is 3.00 bits per heavy atom. The predicted molar refractivity (Wildman–Crippen MR) is 57.6 cm³/mol. The number of methoxy groups -OCH3 is 1. The van der Waals surface area contributed by atoms with Gasteiger partial charge in [0, 0.05) is 17.2 Å². The van der Waals surface area contributed by atoms with E-state index < -0.39 is 0 Å². The molecule has 13 heavy (non-hydrogen) atoms. The van der Waals surface area contributed by atoms with Crippen molar-refractivity contribution in [2.75, 3.05) is 26.5 Å². The summed E-state index contributed by atoms with van der Waals surface area (Å²) in [5.74, 6) is 2.01. The molecule has 0 aliphatic heterocycles. The molecule has 1 rings (SSSR count). The molecule has 1 aromatic carbocycles. The van der Waals surface area contributed by atoms with E-state index in [1.807, 2.05) is 30.9 Å². The van der Waals surface area contributed by atoms with Crippen molar-refractivity contribution in [2.45, 2.75) is 4.90 Å². The number of thioether (sulfide) groups is 1. The average molecular weight is 197 g/mol. The number of hydrogen-bond donors (Lipinski definition) is 1. The number of rotatable bonds is 5. The molecule has 0 bridgehead atoms.